The third kappa shape index (κ3) is 4.46. The topological polar surface area (TPSA) is 69.9 Å². The lowest BCUT2D eigenvalue weighted by molar-refractivity contribution is -0.130. The van der Waals surface area contributed by atoms with Crippen LogP contribution in [0.25, 0.3) is 4.85 Å². The minimum Gasteiger partial charge on any atom is -0.314 e. The van der Waals surface area contributed by atoms with Crippen LogP contribution in [0, 0.1) is 20.4 Å². The standard InChI is InChI=1S/C31H33N5O2/c1-23-12-14-25(15-13-23)31(27-11-6-7-18-33-27)28(37)36(29(38)34-31)20-8-19-35-21-16-30(32-3,17-22-35)26-10-5-4-9-24(26)2/h4-7,9-15,18H,8,16-17,19-22H2,1-2H3,(H,34,38). The van der Waals surface area contributed by atoms with E-state index in [-0.39, 0.29) is 5.91 Å². The molecule has 2 saturated heterocycles. The number of nitrogens with zero attached hydrogens (tertiary/aromatic N) is 4. The number of carbonyl (C=O) groups is 2. The van der Waals surface area contributed by atoms with Gasteiger partial charge in [-0.2, -0.15) is 0 Å². The smallest absolute Gasteiger partial charge is 0.314 e. The molecule has 1 N–H and O–H groups in total. The van der Waals surface area contributed by atoms with Crippen LogP contribution in [0.2, 0.25) is 0 Å². The van der Waals surface area contributed by atoms with Crippen molar-refractivity contribution in [2.75, 3.05) is 26.2 Å². The van der Waals surface area contributed by atoms with Gasteiger partial charge in [0.15, 0.2) is 5.54 Å². The highest BCUT2D eigenvalue weighted by molar-refractivity contribution is 6.09. The zero-order chi connectivity index (χ0) is 26.8. The third-order valence-electron chi connectivity index (χ3n) is 8.04. The number of aromatic nitrogens is 1. The highest BCUT2D eigenvalue weighted by Crippen LogP contribution is 2.39. The molecule has 2 aromatic carbocycles. The number of amides is 3. The molecule has 1 aromatic heterocycles. The molecule has 0 radical (unpaired) electrons. The van der Waals surface area contributed by atoms with E-state index in [2.05, 4.69) is 39.1 Å². The molecule has 7 nitrogen and oxygen atoms in total. The first-order valence-corrected chi connectivity index (χ1v) is 13.2. The summed E-state index contributed by atoms with van der Waals surface area (Å²) in [4.78, 5) is 39.2. The molecule has 2 fully saturated rings. The molecule has 3 heterocycles. The number of carbonyl (C=O) groups excluding carboxylic acids is 2. The van der Waals surface area contributed by atoms with Crippen LogP contribution >= 0.6 is 0 Å². The molecule has 1 unspecified atom stereocenters. The number of hydrogen-bond donors (Lipinski definition) is 1. The summed E-state index contributed by atoms with van der Waals surface area (Å²) >= 11 is 0. The quantitative estimate of drug-likeness (QED) is 0.369. The lowest BCUT2D eigenvalue weighted by Crippen LogP contribution is -2.46. The lowest BCUT2D eigenvalue weighted by Gasteiger charge is -2.35. The van der Waals surface area contributed by atoms with Gasteiger partial charge in [-0.15, -0.1) is 0 Å². The average molecular weight is 508 g/mol. The molecule has 3 aromatic rings. The molecule has 5 rings (SSSR count). The Labute approximate surface area is 224 Å². The molecular formula is C31H33N5O2. The van der Waals surface area contributed by atoms with Gasteiger partial charge in [0.1, 0.15) is 0 Å². The molecule has 0 spiro atoms. The van der Waals surface area contributed by atoms with Crippen molar-refractivity contribution in [1.82, 2.24) is 20.1 Å². The molecule has 0 aliphatic carbocycles. The highest BCUT2D eigenvalue weighted by Gasteiger charge is 2.54. The predicted molar refractivity (Wildman–Crippen MR) is 146 cm³/mol. The minimum atomic E-state index is -1.33. The van der Waals surface area contributed by atoms with Crippen molar-refractivity contribution in [3.8, 4) is 0 Å². The number of hydrogen-bond acceptors (Lipinski definition) is 4. The Morgan fingerprint density at radius 1 is 0.947 bits per heavy atom. The normalized spacial score (nSPS) is 21.2. The van der Waals surface area contributed by atoms with Gasteiger partial charge in [-0.05, 0) is 50.1 Å². The Morgan fingerprint density at radius 3 is 2.32 bits per heavy atom. The number of benzene rings is 2. The van der Waals surface area contributed by atoms with Gasteiger partial charge in [-0.3, -0.25) is 14.7 Å². The van der Waals surface area contributed by atoms with E-state index in [0.717, 1.165) is 43.6 Å². The van der Waals surface area contributed by atoms with E-state index >= 15 is 0 Å². The van der Waals surface area contributed by atoms with Crippen molar-refractivity contribution in [2.24, 2.45) is 0 Å². The van der Waals surface area contributed by atoms with E-state index in [9.17, 15) is 9.59 Å². The van der Waals surface area contributed by atoms with Crippen LogP contribution in [0.4, 0.5) is 4.79 Å². The zero-order valence-corrected chi connectivity index (χ0v) is 22.0. The van der Waals surface area contributed by atoms with Crippen LogP contribution in [0.1, 0.15) is 47.2 Å². The van der Waals surface area contributed by atoms with Crippen molar-refractivity contribution < 1.29 is 9.59 Å². The van der Waals surface area contributed by atoms with E-state index in [1.165, 1.54) is 10.5 Å². The van der Waals surface area contributed by atoms with Crippen molar-refractivity contribution in [2.45, 2.75) is 44.2 Å². The van der Waals surface area contributed by atoms with Crippen LogP contribution in [0.15, 0.2) is 72.9 Å². The van der Waals surface area contributed by atoms with Gasteiger partial charge >= 0.3 is 6.03 Å². The first-order valence-electron chi connectivity index (χ1n) is 13.2. The number of piperidine rings is 1. The monoisotopic (exact) mass is 507 g/mol. The fraction of sp³-hybridized carbons (Fsp3) is 0.355. The second-order valence-electron chi connectivity index (χ2n) is 10.4. The summed E-state index contributed by atoms with van der Waals surface area (Å²) in [6.07, 6.45) is 3.87. The van der Waals surface area contributed by atoms with Gasteiger partial charge in [0.2, 0.25) is 0 Å². The summed E-state index contributed by atoms with van der Waals surface area (Å²) in [5.74, 6) is -0.296. The number of urea groups is 1. The van der Waals surface area contributed by atoms with Gasteiger partial charge in [-0.25, -0.2) is 11.4 Å². The van der Waals surface area contributed by atoms with Gasteiger partial charge < -0.3 is 15.1 Å². The third-order valence-corrected chi connectivity index (χ3v) is 8.04. The molecule has 0 bridgehead atoms. The Hall–Kier alpha value is -4.02. The lowest BCUT2D eigenvalue weighted by atomic mass is 9.79. The Bertz CT molecular complexity index is 1360. The van der Waals surface area contributed by atoms with E-state index in [4.69, 9.17) is 6.57 Å². The summed E-state index contributed by atoms with van der Waals surface area (Å²) in [7, 11) is 0. The number of pyridine rings is 1. The number of nitrogens with one attached hydrogen (secondary N) is 1. The summed E-state index contributed by atoms with van der Waals surface area (Å²) in [6.45, 7) is 14.7. The van der Waals surface area contributed by atoms with Crippen molar-refractivity contribution in [3.63, 3.8) is 0 Å². The first kappa shape index (κ1) is 25.6. The molecular weight excluding hydrogens is 474 g/mol. The second kappa shape index (κ2) is 10.4. The SMILES string of the molecule is [C-]#[N+]C1(c2ccccc2C)CCN(CCCN2C(=O)NC(c3ccc(C)cc3)(c3ccccn3)C2=O)CC1. The Kier molecular flexibility index (Phi) is 7.00. The average Bonchev–Trinajstić information content (AvgIpc) is 3.20. The van der Waals surface area contributed by atoms with Crippen molar-refractivity contribution in [1.29, 1.82) is 0 Å². The van der Waals surface area contributed by atoms with Crippen LogP contribution in [0.5, 0.6) is 0 Å². The molecule has 2 aliphatic heterocycles. The predicted octanol–water partition coefficient (Wildman–Crippen LogP) is 4.79. The maximum atomic E-state index is 13.9. The van der Waals surface area contributed by atoms with Crippen molar-refractivity contribution in [3.05, 3.63) is 112 Å². The molecule has 38 heavy (non-hydrogen) atoms. The molecule has 194 valence electrons. The molecule has 3 amide bonds. The fourth-order valence-corrected chi connectivity index (χ4v) is 5.82. The first-order chi connectivity index (χ1) is 18.4. The van der Waals surface area contributed by atoms with Gasteiger partial charge in [-0.1, -0.05) is 60.2 Å². The summed E-state index contributed by atoms with van der Waals surface area (Å²) in [6, 6.07) is 20.9. The Balaban J connectivity index is 1.26. The zero-order valence-electron chi connectivity index (χ0n) is 22.0. The van der Waals surface area contributed by atoms with Crippen LogP contribution in [-0.4, -0.2) is 52.9 Å². The van der Waals surface area contributed by atoms with E-state index < -0.39 is 17.1 Å². The van der Waals surface area contributed by atoms with E-state index in [1.54, 1.807) is 18.3 Å². The Morgan fingerprint density at radius 2 is 1.66 bits per heavy atom. The highest BCUT2D eigenvalue weighted by atomic mass is 16.2. The van der Waals surface area contributed by atoms with Gasteiger partial charge in [0.05, 0.1) is 5.69 Å². The largest absolute Gasteiger partial charge is 0.325 e. The molecule has 0 saturated carbocycles. The number of likely N-dealkylation sites (tertiary alicyclic amines) is 1. The maximum Gasteiger partial charge on any atom is 0.325 e. The minimum absolute atomic E-state index is 0.296. The number of rotatable bonds is 7. The summed E-state index contributed by atoms with van der Waals surface area (Å²) < 4.78 is 0. The van der Waals surface area contributed by atoms with Crippen LogP contribution < -0.4 is 5.32 Å². The maximum absolute atomic E-state index is 13.9. The molecule has 7 heteroatoms. The molecule has 2 aliphatic rings. The van der Waals surface area contributed by atoms with Gasteiger partial charge in [0, 0.05) is 44.2 Å². The molecule has 1 atom stereocenters. The number of imide groups is 1. The van der Waals surface area contributed by atoms with E-state index in [0.29, 0.717) is 24.2 Å². The second-order valence-corrected chi connectivity index (χ2v) is 10.4. The summed E-state index contributed by atoms with van der Waals surface area (Å²) in [5.41, 5.74) is 2.78. The van der Waals surface area contributed by atoms with Crippen molar-refractivity contribution >= 4 is 11.9 Å². The van der Waals surface area contributed by atoms with Crippen LogP contribution in [0.3, 0.4) is 0 Å². The number of aryl methyl sites for hydroxylation is 2. The fourth-order valence-electron chi connectivity index (χ4n) is 5.82. The summed E-state index contributed by atoms with van der Waals surface area (Å²) in [5, 5.41) is 2.98. The van der Waals surface area contributed by atoms with Gasteiger partial charge in [0.25, 0.3) is 11.4 Å². The van der Waals surface area contributed by atoms with Crippen LogP contribution in [-0.2, 0) is 15.9 Å². The van der Waals surface area contributed by atoms with E-state index in [1.807, 2.05) is 49.4 Å².